The zero-order valence-electron chi connectivity index (χ0n) is 24.9. The first-order valence-electron chi connectivity index (χ1n) is 15.5. The average molecular weight is 568 g/mol. The van der Waals surface area contributed by atoms with Crippen LogP contribution in [0, 0.1) is 40.4 Å². The summed E-state index contributed by atoms with van der Waals surface area (Å²) in [5, 5.41) is 0. The number of carbonyl (C=O) groups excluding carboxylic acids is 1. The van der Waals surface area contributed by atoms with Gasteiger partial charge in [-0.1, -0.05) is 64.6 Å². The Labute approximate surface area is 240 Å². The molecule has 1 aromatic rings. The van der Waals surface area contributed by atoms with Crippen molar-refractivity contribution < 1.29 is 18.0 Å². The van der Waals surface area contributed by atoms with Gasteiger partial charge in [-0.25, -0.2) is 0 Å². The molecule has 0 aromatic heterocycles. The van der Waals surface area contributed by atoms with Gasteiger partial charge in [0, 0.05) is 11.3 Å². The molecule has 7 atom stereocenters. The van der Waals surface area contributed by atoms with E-state index < -0.39 is 11.7 Å². The second-order valence-electron chi connectivity index (χ2n) is 12.7. The zero-order valence-corrected chi connectivity index (χ0v) is 25.7. The lowest BCUT2D eigenvalue weighted by molar-refractivity contribution is -0.137. The standard InChI is InChI=1S/C23H41NS.C8H5F3O.C2H6/c1-22-14-5-4-7-17(22)9-11-19-20-12-10-18(8-6-16-25-24-3)23(20,2)15-13-21(19)22;9-8(10,11)7-3-1-6(5-12)2-4-7;1-2/h17-21,24H,4-16H2,1-3H3;1-5H;1-2H3. The molecule has 0 heterocycles. The van der Waals surface area contributed by atoms with Crippen molar-refractivity contribution in [3.8, 4) is 0 Å². The van der Waals surface area contributed by atoms with Crippen LogP contribution in [0.1, 0.15) is 121 Å². The summed E-state index contributed by atoms with van der Waals surface area (Å²) < 4.78 is 39.0. The molecule has 6 heteroatoms. The molecule has 0 amide bonds. The summed E-state index contributed by atoms with van der Waals surface area (Å²) in [6.07, 6.45) is 14.5. The number of hydrogen-bond acceptors (Lipinski definition) is 3. The van der Waals surface area contributed by atoms with E-state index in [1.165, 1.54) is 37.9 Å². The number of benzene rings is 1. The Bertz CT molecular complexity index is 890. The summed E-state index contributed by atoms with van der Waals surface area (Å²) in [6, 6.07) is 4.03. The monoisotopic (exact) mass is 567 g/mol. The minimum Gasteiger partial charge on any atom is -0.298 e. The van der Waals surface area contributed by atoms with E-state index >= 15 is 0 Å². The number of fused-ring (bicyclic) bond motifs is 5. The van der Waals surface area contributed by atoms with Gasteiger partial charge in [-0.3, -0.25) is 9.52 Å². The maximum absolute atomic E-state index is 11.9. The van der Waals surface area contributed by atoms with Crippen LogP contribution >= 0.6 is 11.9 Å². The smallest absolute Gasteiger partial charge is 0.298 e. The van der Waals surface area contributed by atoms with Crippen molar-refractivity contribution in [1.29, 1.82) is 0 Å². The van der Waals surface area contributed by atoms with Gasteiger partial charge < -0.3 is 0 Å². The molecular formula is C33H52F3NOS. The summed E-state index contributed by atoms with van der Waals surface area (Å²) in [5.74, 6) is 6.60. The van der Waals surface area contributed by atoms with Crippen molar-refractivity contribution in [3.63, 3.8) is 0 Å². The van der Waals surface area contributed by atoms with Crippen LogP contribution in [0.2, 0.25) is 0 Å². The molecule has 0 radical (unpaired) electrons. The number of halogens is 3. The van der Waals surface area contributed by atoms with Crippen LogP contribution in [0.4, 0.5) is 13.2 Å². The molecular weight excluding hydrogens is 515 g/mol. The van der Waals surface area contributed by atoms with Crippen molar-refractivity contribution >= 4 is 18.2 Å². The highest BCUT2D eigenvalue weighted by atomic mass is 32.2. The first kappa shape index (κ1) is 32.5. The molecule has 7 unspecified atom stereocenters. The predicted molar refractivity (Wildman–Crippen MR) is 159 cm³/mol. The SMILES string of the molecule is CC.CNSCCCC1CCC2C3CCC4CCCCC4(C)C3CCC12C.O=Cc1ccc(C(F)(F)F)cc1. The van der Waals surface area contributed by atoms with Crippen molar-refractivity contribution in [2.45, 2.75) is 111 Å². The molecule has 4 fully saturated rings. The Hall–Kier alpha value is -1.01. The molecule has 4 saturated carbocycles. The van der Waals surface area contributed by atoms with Crippen LogP contribution in [0.25, 0.3) is 0 Å². The largest absolute Gasteiger partial charge is 0.416 e. The van der Waals surface area contributed by atoms with Gasteiger partial charge in [0.25, 0.3) is 0 Å². The first-order valence-corrected chi connectivity index (χ1v) is 16.5. The molecule has 4 aliphatic carbocycles. The maximum Gasteiger partial charge on any atom is 0.416 e. The van der Waals surface area contributed by atoms with E-state index in [2.05, 4.69) is 25.6 Å². The third-order valence-electron chi connectivity index (χ3n) is 11.1. The van der Waals surface area contributed by atoms with Crippen LogP contribution < -0.4 is 4.72 Å². The number of rotatable bonds is 6. The first-order chi connectivity index (χ1) is 18.6. The van der Waals surface area contributed by atoms with Crippen molar-refractivity contribution in [2.24, 2.45) is 40.4 Å². The van der Waals surface area contributed by atoms with Gasteiger partial charge >= 0.3 is 6.18 Å². The minimum atomic E-state index is -4.33. The molecule has 5 rings (SSSR count). The average Bonchev–Trinajstić information content (AvgIpc) is 3.28. The second-order valence-corrected chi connectivity index (χ2v) is 13.8. The Morgan fingerprint density at radius 3 is 2.26 bits per heavy atom. The zero-order chi connectivity index (χ0) is 28.7. The molecule has 0 spiro atoms. The summed E-state index contributed by atoms with van der Waals surface area (Å²) in [6.45, 7) is 9.43. The van der Waals surface area contributed by atoms with Gasteiger partial charge in [-0.15, -0.1) is 0 Å². The van der Waals surface area contributed by atoms with Crippen LogP contribution in [0.5, 0.6) is 0 Å². The second kappa shape index (κ2) is 14.2. The number of alkyl halides is 3. The van der Waals surface area contributed by atoms with Crippen molar-refractivity contribution in [2.75, 3.05) is 12.8 Å². The third-order valence-corrected chi connectivity index (χ3v) is 11.9. The van der Waals surface area contributed by atoms with E-state index in [1.807, 2.05) is 25.8 Å². The van der Waals surface area contributed by atoms with Crippen LogP contribution in [-0.2, 0) is 6.18 Å². The van der Waals surface area contributed by atoms with E-state index in [1.54, 1.807) is 44.9 Å². The number of hydrogen-bond donors (Lipinski definition) is 1. The summed E-state index contributed by atoms with van der Waals surface area (Å²) in [7, 11) is 2.06. The van der Waals surface area contributed by atoms with Crippen LogP contribution in [-0.4, -0.2) is 19.1 Å². The molecule has 1 N–H and O–H groups in total. The van der Waals surface area contributed by atoms with Gasteiger partial charge in [0.2, 0.25) is 0 Å². The van der Waals surface area contributed by atoms with Gasteiger partial charge in [-0.2, -0.15) is 13.2 Å². The van der Waals surface area contributed by atoms with Crippen LogP contribution in [0.15, 0.2) is 24.3 Å². The normalized spacial score (nSPS) is 35.2. The lowest BCUT2D eigenvalue weighted by Gasteiger charge is -2.60. The fraction of sp³-hybridized carbons (Fsp3) is 0.788. The molecule has 0 bridgehead atoms. The Balaban J connectivity index is 0.000000253. The number of nitrogens with one attached hydrogen (secondary N) is 1. The topological polar surface area (TPSA) is 29.1 Å². The molecule has 39 heavy (non-hydrogen) atoms. The summed E-state index contributed by atoms with van der Waals surface area (Å²) in [4.78, 5) is 10.1. The summed E-state index contributed by atoms with van der Waals surface area (Å²) in [5.41, 5.74) is 0.893. The highest BCUT2D eigenvalue weighted by Crippen LogP contribution is 2.67. The Kier molecular flexibility index (Phi) is 11.9. The van der Waals surface area contributed by atoms with E-state index in [-0.39, 0.29) is 5.56 Å². The predicted octanol–water partition coefficient (Wildman–Crippen LogP) is 10.2. The summed E-state index contributed by atoms with van der Waals surface area (Å²) >= 11 is 1.90. The van der Waals surface area contributed by atoms with Gasteiger partial charge in [-0.05, 0) is 124 Å². The van der Waals surface area contributed by atoms with E-state index in [0.29, 0.717) is 17.1 Å². The van der Waals surface area contributed by atoms with Crippen molar-refractivity contribution in [1.82, 2.24) is 4.72 Å². The minimum absolute atomic E-state index is 0.239. The quantitative estimate of drug-likeness (QED) is 0.211. The highest BCUT2D eigenvalue weighted by Gasteiger charge is 2.59. The molecule has 0 saturated heterocycles. The number of carbonyl (C=O) groups is 1. The number of aldehydes is 1. The maximum atomic E-state index is 11.9. The molecule has 2 nitrogen and oxygen atoms in total. The Morgan fingerprint density at radius 1 is 0.923 bits per heavy atom. The Morgan fingerprint density at radius 2 is 1.62 bits per heavy atom. The van der Waals surface area contributed by atoms with E-state index in [0.717, 1.165) is 53.9 Å². The molecule has 0 aliphatic heterocycles. The molecule has 222 valence electrons. The lowest BCUT2D eigenvalue weighted by atomic mass is 9.45. The molecule has 4 aliphatic rings. The van der Waals surface area contributed by atoms with Gasteiger partial charge in [0.15, 0.2) is 0 Å². The highest BCUT2D eigenvalue weighted by molar-refractivity contribution is 7.97. The van der Waals surface area contributed by atoms with E-state index in [4.69, 9.17) is 0 Å². The van der Waals surface area contributed by atoms with E-state index in [9.17, 15) is 18.0 Å². The van der Waals surface area contributed by atoms with Crippen molar-refractivity contribution in [3.05, 3.63) is 35.4 Å². The third kappa shape index (κ3) is 7.26. The fourth-order valence-corrected chi connectivity index (χ4v) is 9.65. The van der Waals surface area contributed by atoms with Gasteiger partial charge in [0.1, 0.15) is 6.29 Å². The fourth-order valence-electron chi connectivity index (χ4n) is 9.13. The van der Waals surface area contributed by atoms with Gasteiger partial charge in [0.05, 0.1) is 5.56 Å². The lowest BCUT2D eigenvalue weighted by Crippen LogP contribution is -2.52. The van der Waals surface area contributed by atoms with Crippen LogP contribution in [0.3, 0.4) is 0 Å². The molecule has 1 aromatic carbocycles.